The van der Waals surface area contributed by atoms with E-state index < -0.39 is 0 Å². The Hall–Kier alpha value is -3.09. The highest BCUT2D eigenvalue weighted by Crippen LogP contribution is 2.31. The second kappa shape index (κ2) is 7.21. The molecule has 0 aromatic heterocycles. The Morgan fingerprint density at radius 1 is 1.28 bits per heavy atom. The summed E-state index contributed by atoms with van der Waals surface area (Å²) >= 11 is 0. The highest BCUT2D eigenvalue weighted by molar-refractivity contribution is 5.97. The van der Waals surface area contributed by atoms with Gasteiger partial charge in [0.05, 0.1) is 5.69 Å². The van der Waals surface area contributed by atoms with Gasteiger partial charge in [-0.3, -0.25) is 9.59 Å². The smallest absolute Gasteiger partial charge is 0.264 e. The van der Waals surface area contributed by atoms with E-state index in [-0.39, 0.29) is 30.8 Å². The summed E-state index contributed by atoms with van der Waals surface area (Å²) in [6.45, 7) is 0.152. The zero-order chi connectivity index (χ0) is 17.8. The molecule has 0 atom stereocenters. The van der Waals surface area contributed by atoms with Gasteiger partial charge in [0.2, 0.25) is 0 Å². The molecule has 0 bridgehead atoms. The van der Waals surface area contributed by atoms with Crippen molar-refractivity contribution in [3.05, 3.63) is 53.8 Å². The lowest BCUT2D eigenvalue weighted by molar-refractivity contribution is -0.123. The predicted molar refractivity (Wildman–Crippen MR) is 89.1 cm³/mol. The van der Waals surface area contributed by atoms with Gasteiger partial charge in [-0.15, -0.1) is 0 Å². The molecule has 1 aliphatic heterocycles. The van der Waals surface area contributed by atoms with Crippen molar-refractivity contribution in [2.24, 2.45) is 0 Å². The second-order valence-electron chi connectivity index (χ2n) is 5.56. The van der Waals surface area contributed by atoms with Crippen LogP contribution < -0.4 is 19.7 Å². The lowest BCUT2D eigenvalue weighted by Gasteiger charge is -2.26. The standard InChI is InChI=1S/C18H17FN2O4/c1-21-15-8-12(2-7-16(15)25-11-18(21)23)9-20-17(22)10-24-14-5-3-13(19)4-6-14/h2-8H,9-11H2,1H3,(H,20,22). The number of ether oxygens (including phenoxy) is 2. The summed E-state index contributed by atoms with van der Waals surface area (Å²) in [7, 11) is 1.68. The Bertz CT molecular complexity index is 792. The first-order valence-electron chi connectivity index (χ1n) is 7.70. The van der Waals surface area contributed by atoms with E-state index in [4.69, 9.17) is 9.47 Å². The van der Waals surface area contributed by atoms with Crippen molar-refractivity contribution in [1.82, 2.24) is 5.32 Å². The van der Waals surface area contributed by atoms with Crippen LogP contribution in [0.4, 0.5) is 10.1 Å². The lowest BCUT2D eigenvalue weighted by Crippen LogP contribution is -2.35. The van der Waals surface area contributed by atoms with Gasteiger partial charge in [0, 0.05) is 13.6 Å². The van der Waals surface area contributed by atoms with E-state index in [1.54, 1.807) is 19.2 Å². The summed E-state index contributed by atoms with van der Waals surface area (Å²) in [5, 5.41) is 2.73. The van der Waals surface area contributed by atoms with Crippen LogP contribution in [-0.4, -0.2) is 32.1 Å². The molecule has 25 heavy (non-hydrogen) atoms. The largest absolute Gasteiger partial charge is 0.484 e. The van der Waals surface area contributed by atoms with Crippen LogP contribution in [0.15, 0.2) is 42.5 Å². The molecule has 2 amide bonds. The minimum atomic E-state index is -0.364. The van der Waals surface area contributed by atoms with Gasteiger partial charge in [-0.05, 0) is 42.0 Å². The predicted octanol–water partition coefficient (Wildman–Crippen LogP) is 1.88. The first-order chi connectivity index (χ1) is 12.0. The van der Waals surface area contributed by atoms with Gasteiger partial charge in [0.15, 0.2) is 13.2 Å². The SMILES string of the molecule is CN1C(=O)COc2ccc(CNC(=O)COc3ccc(F)cc3)cc21. The van der Waals surface area contributed by atoms with E-state index in [1.165, 1.54) is 29.2 Å². The number of amides is 2. The molecule has 1 N–H and O–H groups in total. The van der Waals surface area contributed by atoms with Gasteiger partial charge >= 0.3 is 0 Å². The topological polar surface area (TPSA) is 67.9 Å². The van der Waals surface area contributed by atoms with Gasteiger partial charge in [-0.2, -0.15) is 0 Å². The summed E-state index contributed by atoms with van der Waals surface area (Å²) < 4.78 is 23.4. The van der Waals surface area contributed by atoms with Gasteiger partial charge in [-0.25, -0.2) is 4.39 Å². The fourth-order valence-corrected chi connectivity index (χ4v) is 2.36. The third kappa shape index (κ3) is 4.06. The maximum absolute atomic E-state index is 12.8. The Balaban J connectivity index is 1.54. The molecule has 3 rings (SSSR count). The van der Waals surface area contributed by atoms with E-state index in [9.17, 15) is 14.0 Å². The number of carbonyl (C=O) groups excluding carboxylic acids is 2. The van der Waals surface area contributed by atoms with Crippen molar-refractivity contribution in [1.29, 1.82) is 0 Å². The van der Waals surface area contributed by atoms with Crippen molar-refractivity contribution >= 4 is 17.5 Å². The van der Waals surface area contributed by atoms with Crippen LogP contribution in [0.3, 0.4) is 0 Å². The number of fused-ring (bicyclic) bond motifs is 1. The number of carbonyl (C=O) groups is 2. The molecule has 2 aromatic carbocycles. The average molecular weight is 344 g/mol. The normalized spacial score (nSPS) is 13.0. The Kier molecular flexibility index (Phi) is 4.83. The number of halogens is 1. The molecule has 0 saturated carbocycles. The number of hydrogen-bond donors (Lipinski definition) is 1. The van der Waals surface area contributed by atoms with Crippen molar-refractivity contribution in [3.63, 3.8) is 0 Å². The molecular formula is C18H17FN2O4. The van der Waals surface area contributed by atoms with Crippen LogP contribution in [0.1, 0.15) is 5.56 Å². The minimum Gasteiger partial charge on any atom is -0.484 e. The summed E-state index contributed by atoms with van der Waals surface area (Å²) in [5.41, 5.74) is 1.50. The van der Waals surface area contributed by atoms with Crippen molar-refractivity contribution < 1.29 is 23.5 Å². The Morgan fingerprint density at radius 2 is 2.04 bits per heavy atom. The molecule has 1 aliphatic rings. The van der Waals surface area contributed by atoms with Crippen LogP contribution in [-0.2, 0) is 16.1 Å². The van der Waals surface area contributed by atoms with Crippen molar-refractivity contribution in [2.45, 2.75) is 6.54 Å². The summed E-state index contributed by atoms with van der Waals surface area (Å²) in [5.74, 6) is 0.264. The highest BCUT2D eigenvalue weighted by Gasteiger charge is 2.22. The number of hydrogen-bond acceptors (Lipinski definition) is 4. The van der Waals surface area contributed by atoms with E-state index >= 15 is 0 Å². The number of benzene rings is 2. The fourth-order valence-electron chi connectivity index (χ4n) is 2.36. The van der Waals surface area contributed by atoms with Gasteiger partial charge in [0.25, 0.3) is 11.8 Å². The average Bonchev–Trinajstić information content (AvgIpc) is 2.63. The monoisotopic (exact) mass is 344 g/mol. The molecule has 6 nitrogen and oxygen atoms in total. The van der Waals surface area contributed by atoms with E-state index in [1.807, 2.05) is 6.07 Å². The van der Waals surface area contributed by atoms with Gasteiger partial charge in [0.1, 0.15) is 17.3 Å². The van der Waals surface area contributed by atoms with Crippen LogP contribution in [0, 0.1) is 5.82 Å². The zero-order valence-corrected chi connectivity index (χ0v) is 13.6. The fraction of sp³-hybridized carbons (Fsp3) is 0.222. The molecule has 0 fully saturated rings. The number of anilines is 1. The summed E-state index contributed by atoms with van der Waals surface area (Å²) in [6, 6.07) is 10.8. The molecule has 0 saturated heterocycles. The Morgan fingerprint density at radius 3 is 2.80 bits per heavy atom. The molecule has 0 radical (unpaired) electrons. The van der Waals surface area contributed by atoms with Crippen LogP contribution in [0.5, 0.6) is 11.5 Å². The molecular weight excluding hydrogens is 327 g/mol. The molecule has 2 aromatic rings. The Labute approximate surface area is 144 Å². The molecule has 0 spiro atoms. The molecule has 7 heteroatoms. The van der Waals surface area contributed by atoms with Crippen LogP contribution >= 0.6 is 0 Å². The molecule has 1 heterocycles. The number of nitrogens with one attached hydrogen (secondary N) is 1. The third-order valence-electron chi connectivity index (χ3n) is 3.78. The maximum Gasteiger partial charge on any atom is 0.264 e. The minimum absolute atomic E-state index is 0.0281. The van der Waals surface area contributed by atoms with Crippen LogP contribution in [0.25, 0.3) is 0 Å². The van der Waals surface area contributed by atoms with Gasteiger partial charge in [-0.1, -0.05) is 6.07 Å². The third-order valence-corrected chi connectivity index (χ3v) is 3.78. The number of likely N-dealkylation sites (N-methyl/N-ethyl adjacent to an activating group) is 1. The summed E-state index contributed by atoms with van der Waals surface area (Å²) in [4.78, 5) is 25.1. The van der Waals surface area contributed by atoms with E-state index in [0.717, 1.165) is 5.56 Å². The summed E-state index contributed by atoms with van der Waals surface area (Å²) in [6.07, 6.45) is 0. The second-order valence-corrected chi connectivity index (χ2v) is 5.56. The molecule has 0 aliphatic carbocycles. The van der Waals surface area contributed by atoms with Crippen molar-refractivity contribution in [2.75, 3.05) is 25.2 Å². The zero-order valence-electron chi connectivity index (χ0n) is 13.6. The number of nitrogens with zero attached hydrogens (tertiary/aromatic N) is 1. The van der Waals surface area contributed by atoms with Crippen LogP contribution in [0.2, 0.25) is 0 Å². The van der Waals surface area contributed by atoms with E-state index in [2.05, 4.69) is 5.32 Å². The first-order valence-corrected chi connectivity index (χ1v) is 7.70. The first kappa shape index (κ1) is 16.8. The van der Waals surface area contributed by atoms with Crippen molar-refractivity contribution in [3.8, 4) is 11.5 Å². The molecule has 0 unspecified atom stereocenters. The number of rotatable bonds is 5. The highest BCUT2D eigenvalue weighted by atomic mass is 19.1. The quantitative estimate of drug-likeness (QED) is 0.899. The lowest BCUT2D eigenvalue weighted by atomic mass is 10.1. The maximum atomic E-state index is 12.8. The molecule has 130 valence electrons. The van der Waals surface area contributed by atoms with E-state index in [0.29, 0.717) is 23.7 Å². The van der Waals surface area contributed by atoms with Gasteiger partial charge < -0.3 is 19.7 Å².